The number of ether oxygens (including phenoxy) is 2. The topological polar surface area (TPSA) is 96.3 Å². The fourth-order valence-corrected chi connectivity index (χ4v) is 2.54. The van der Waals surface area contributed by atoms with Crippen LogP contribution in [-0.2, 0) is 9.59 Å². The monoisotopic (exact) mass is 307 g/mol. The second-order valence-corrected chi connectivity index (χ2v) is 4.75. The number of carbonyl (C=O) groups excluding carboxylic acids is 2. The Morgan fingerprint density at radius 1 is 1.32 bits per heavy atom. The van der Waals surface area contributed by atoms with Gasteiger partial charge in [0.1, 0.15) is 18.2 Å². The molecule has 1 aliphatic rings. The maximum atomic E-state index is 12.0. The molecule has 0 saturated carbocycles. The number of nitrogens with zero attached hydrogens (tertiary/aromatic N) is 1. The summed E-state index contributed by atoms with van der Waals surface area (Å²) < 4.78 is 10.4. The predicted octanol–water partition coefficient (Wildman–Crippen LogP) is 0.938. The Morgan fingerprint density at radius 2 is 2.00 bits per heavy atom. The van der Waals surface area contributed by atoms with Gasteiger partial charge in [-0.1, -0.05) is 0 Å². The predicted molar refractivity (Wildman–Crippen MR) is 76.6 cm³/mol. The van der Waals surface area contributed by atoms with Gasteiger partial charge >= 0.3 is 0 Å². The summed E-state index contributed by atoms with van der Waals surface area (Å²) in [6.07, 6.45) is 0. The summed E-state index contributed by atoms with van der Waals surface area (Å²) >= 11 is 0. The molecule has 7 heteroatoms. The molecule has 0 spiro atoms. The summed E-state index contributed by atoms with van der Waals surface area (Å²) in [6, 6.07) is 3.96. The SMILES string of the molecule is COc1ccc(OC)c(C2C(C(C)=O)=C(O)C(=O)N2CO)c1. The average Bonchev–Trinajstić information content (AvgIpc) is 2.77. The highest BCUT2D eigenvalue weighted by atomic mass is 16.5. The van der Waals surface area contributed by atoms with Gasteiger partial charge in [-0.25, -0.2) is 0 Å². The summed E-state index contributed by atoms with van der Waals surface area (Å²) in [5.41, 5.74) is 0.365. The Morgan fingerprint density at radius 3 is 2.50 bits per heavy atom. The number of aliphatic hydroxyl groups excluding tert-OH is 2. The summed E-state index contributed by atoms with van der Waals surface area (Å²) in [6.45, 7) is 0.601. The number of carbonyl (C=O) groups is 2. The zero-order valence-electron chi connectivity index (χ0n) is 12.5. The Kier molecular flexibility index (Phi) is 4.37. The lowest BCUT2D eigenvalue weighted by molar-refractivity contribution is -0.133. The van der Waals surface area contributed by atoms with E-state index < -0.39 is 30.2 Å². The zero-order valence-corrected chi connectivity index (χ0v) is 12.5. The molecule has 1 aromatic carbocycles. The molecular formula is C15H17NO6. The summed E-state index contributed by atoms with van der Waals surface area (Å²) in [5.74, 6) is -1.02. The Bertz CT molecular complexity index is 651. The number of hydrogen-bond donors (Lipinski definition) is 2. The molecular weight excluding hydrogens is 290 g/mol. The van der Waals surface area contributed by atoms with Crippen LogP contribution in [0.4, 0.5) is 0 Å². The molecule has 0 fully saturated rings. The molecule has 0 aliphatic carbocycles. The fraction of sp³-hybridized carbons (Fsp3) is 0.333. The van der Waals surface area contributed by atoms with Crippen molar-refractivity contribution in [2.45, 2.75) is 13.0 Å². The van der Waals surface area contributed by atoms with E-state index in [2.05, 4.69) is 0 Å². The smallest absolute Gasteiger partial charge is 0.291 e. The quantitative estimate of drug-likeness (QED) is 0.840. The molecule has 1 aliphatic heterocycles. The van der Waals surface area contributed by atoms with E-state index in [1.165, 1.54) is 21.1 Å². The summed E-state index contributed by atoms with van der Waals surface area (Å²) in [4.78, 5) is 24.9. The number of Topliss-reactive ketones (excluding diaryl/α,β-unsaturated/α-hetero) is 1. The van der Waals surface area contributed by atoms with E-state index in [1.807, 2.05) is 0 Å². The van der Waals surface area contributed by atoms with Gasteiger partial charge in [0.05, 0.1) is 25.8 Å². The number of rotatable bonds is 5. The van der Waals surface area contributed by atoms with Crippen LogP contribution in [-0.4, -0.2) is 47.8 Å². The van der Waals surface area contributed by atoms with Crippen LogP contribution >= 0.6 is 0 Å². The minimum Gasteiger partial charge on any atom is -0.503 e. The van der Waals surface area contributed by atoms with Crippen molar-refractivity contribution >= 4 is 11.7 Å². The van der Waals surface area contributed by atoms with Crippen molar-refractivity contribution in [2.24, 2.45) is 0 Å². The molecule has 0 radical (unpaired) electrons. The first-order valence-corrected chi connectivity index (χ1v) is 6.54. The van der Waals surface area contributed by atoms with Crippen molar-refractivity contribution < 1.29 is 29.3 Å². The number of aliphatic hydroxyl groups is 2. The van der Waals surface area contributed by atoms with E-state index in [4.69, 9.17) is 9.47 Å². The van der Waals surface area contributed by atoms with Crippen LogP contribution in [0.5, 0.6) is 11.5 Å². The highest BCUT2D eigenvalue weighted by molar-refractivity contribution is 6.08. The van der Waals surface area contributed by atoms with E-state index in [9.17, 15) is 19.8 Å². The lowest BCUT2D eigenvalue weighted by atomic mass is 9.96. The minimum absolute atomic E-state index is 0.0781. The molecule has 7 nitrogen and oxygen atoms in total. The number of methoxy groups -OCH3 is 2. The summed E-state index contributed by atoms with van der Waals surface area (Å²) in [7, 11) is 2.93. The third-order valence-electron chi connectivity index (χ3n) is 3.57. The molecule has 1 unspecified atom stereocenters. The Balaban J connectivity index is 2.66. The highest BCUT2D eigenvalue weighted by Crippen LogP contribution is 2.42. The third-order valence-corrected chi connectivity index (χ3v) is 3.57. The molecule has 1 heterocycles. The molecule has 118 valence electrons. The molecule has 0 aromatic heterocycles. The van der Waals surface area contributed by atoms with Crippen molar-refractivity contribution in [2.75, 3.05) is 21.0 Å². The van der Waals surface area contributed by atoms with Gasteiger partial charge in [-0.3, -0.25) is 9.59 Å². The fourth-order valence-electron chi connectivity index (χ4n) is 2.54. The number of amides is 1. The molecule has 2 N–H and O–H groups in total. The minimum atomic E-state index is -0.931. The van der Waals surface area contributed by atoms with Gasteiger partial charge in [-0.05, 0) is 25.1 Å². The average molecular weight is 307 g/mol. The van der Waals surface area contributed by atoms with Crippen molar-refractivity contribution in [1.82, 2.24) is 4.90 Å². The van der Waals surface area contributed by atoms with Crippen LogP contribution in [0, 0.1) is 0 Å². The van der Waals surface area contributed by atoms with Gasteiger partial charge in [-0.2, -0.15) is 0 Å². The summed E-state index contributed by atoms with van der Waals surface area (Å²) in [5, 5.41) is 19.4. The Hall–Kier alpha value is -2.54. The largest absolute Gasteiger partial charge is 0.503 e. The van der Waals surface area contributed by atoms with Crippen molar-refractivity contribution in [3.63, 3.8) is 0 Å². The van der Waals surface area contributed by atoms with Crippen molar-refractivity contribution in [1.29, 1.82) is 0 Å². The molecule has 0 bridgehead atoms. The number of benzene rings is 1. The van der Waals surface area contributed by atoms with Crippen LogP contribution < -0.4 is 9.47 Å². The van der Waals surface area contributed by atoms with Gasteiger partial charge in [0.25, 0.3) is 5.91 Å². The lowest BCUT2D eigenvalue weighted by Gasteiger charge is -2.26. The first-order chi connectivity index (χ1) is 10.5. The van der Waals surface area contributed by atoms with Crippen LogP contribution in [0.15, 0.2) is 29.5 Å². The highest BCUT2D eigenvalue weighted by Gasteiger charge is 2.43. The van der Waals surface area contributed by atoms with E-state index in [-0.39, 0.29) is 5.57 Å². The maximum absolute atomic E-state index is 12.0. The van der Waals surface area contributed by atoms with Gasteiger partial charge in [0, 0.05) is 5.56 Å². The van der Waals surface area contributed by atoms with E-state index in [0.29, 0.717) is 17.1 Å². The van der Waals surface area contributed by atoms with E-state index >= 15 is 0 Å². The molecule has 1 amide bonds. The lowest BCUT2D eigenvalue weighted by Crippen LogP contribution is -2.32. The number of ketones is 1. The van der Waals surface area contributed by atoms with Gasteiger partial charge in [0.2, 0.25) is 0 Å². The molecule has 0 saturated heterocycles. The first kappa shape index (κ1) is 15.8. The second-order valence-electron chi connectivity index (χ2n) is 4.75. The van der Waals surface area contributed by atoms with Gasteiger partial charge < -0.3 is 24.6 Å². The van der Waals surface area contributed by atoms with E-state index in [1.54, 1.807) is 18.2 Å². The Labute approximate surface area is 127 Å². The maximum Gasteiger partial charge on any atom is 0.291 e. The van der Waals surface area contributed by atoms with Crippen LogP contribution in [0.2, 0.25) is 0 Å². The second kappa shape index (κ2) is 6.07. The van der Waals surface area contributed by atoms with Crippen LogP contribution in [0.25, 0.3) is 0 Å². The molecule has 1 atom stereocenters. The standard InChI is InChI=1S/C15H17NO6/c1-8(18)12-13(16(7-17)15(20)14(12)19)10-6-9(21-2)4-5-11(10)22-3/h4-6,13,17,19H,7H2,1-3H3. The molecule has 22 heavy (non-hydrogen) atoms. The van der Waals surface area contributed by atoms with Crippen LogP contribution in [0.3, 0.4) is 0 Å². The van der Waals surface area contributed by atoms with Gasteiger partial charge in [-0.15, -0.1) is 0 Å². The molecule has 2 rings (SSSR count). The van der Waals surface area contributed by atoms with Crippen molar-refractivity contribution in [3.05, 3.63) is 35.1 Å². The first-order valence-electron chi connectivity index (χ1n) is 6.54. The third kappa shape index (κ3) is 2.39. The van der Waals surface area contributed by atoms with Crippen LogP contribution in [0.1, 0.15) is 18.5 Å². The van der Waals surface area contributed by atoms with E-state index in [0.717, 1.165) is 4.90 Å². The van der Waals surface area contributed by atoms with Gasteiger partial charge in [0.15, 0.2) is 11.5 Å². The molecule has 1 aromatic rings. The van der Waals surface area contributed by atoms with Crippen molar-refractivity contribution in [3.8, 4) is 11.5 Å². The zero-order chi connectivity index (χ0) is 16.4. The normalized spacial score (nSPS) is 17.9. The number of hydrogen-bond acceptors (Lipinski definition) is 6.